The monoisotopic (exact) mass is 445 g/mol. The van der Waals surface area contributed by atoms with Crippen molar-refractivity contribution < 1.29 is 13.3 Å². The number of rotatable bonds is 5. The van der Waals surface area contributed by atoms with Gasteiger partial charge >= 0.3 is 0 Å². The molecule has 10 heteroatoms. The molecule has 1 aliphatic rings. The molecule has 0 amide bonds. The van der Waals surface area contributed by atoms with Crippen molar-refractivity contribution in [1.29, 1.82) is 0 Å². The third-order valence-electron chi connectivity index (χ3n) is 4.07. The van der Waals surface area contributed by atoms with Crippen LogP contribution < -0.4 is 0 Å². The van der Waals surface area contributed by atoms with Gasteiger partial charge in [-0.1, -0.05) is 12.1 Å². The molecule has 1 aromatic heterocycles. The number of piperazine rings is 1. The fourth-order valence-electron chi connectivity index (χ4n) is 2.73. The highest BCUT2D eigenvalue weighted by atomic mass is 79.9. The van der Waals surface area contributed by atoms with Crippen LogP contribution >= 0.6 is 27.3 Å². The topological polar surface area (TPSA) is 83.8 Å². The normalized spacial score (nSPS) is 16.8. The first kappa shape index (κ1) is 18.5. The molecule has 7 nitrogen and oxygen atoms in total. The molecular formula is C15H16BrN3O4S2. The molecule has 0 bridgehead atoms. The predicted molar refractivity (Wildman–Crippen MR) is 99.2 cm³/mol. The Morgan fingerprint density at radius 2 is 1.84 bits per heavy atom. The fraction of sp³-hybridized carbons (Fsp3) is 0.333. The van der Waals surface area contributed by atoms with E-state index >= 15 is 0 Å². The quantitative estimate of drug-likeness (QED) is 0.521. The minimum Gasteiger partial charge on any atom is -0.296 e. The van der Waals surface area contributed by atoms with E-state index in [1.165, 1.54) is 33.4 Å². The van der Waals surface area contributed by atoms with Crippen LogP contribution in [0.1, 0.15) is 4.88 Å². The van der Waals surface area contributed by atoms with Crippen LogP contribution in [-0.2, 0) is 16.6 Å². The molecule has 1 aliphatic heterocycles. The summed E-state index contributed by atoms with van der Waals surface area (Å²) in [5, 5.41) is 13.1. The Hall–Kier alpha value is -1.33. The van der Waals surface area contributed by atoms with Gasteiger partial charge < -0.3 is 0 Å². The summed E-state index contributed by atoms with van der Waals surface area (Å²) in [6.07, 6.45) is 0. The number of hydrogen-bond donors (Lipinski definition) is 0. The van der Waals surface area contributed by atoms with Gasteiger partial charge in [-0.2, -0.15) is 4.31 Å². The maximum Gasteiger partial charge on any atom is 0.289 e. The van der Waals surface area contributed by atoms with Crippen molar-refractivity contribution in [2.75, 3.05) is 26.2 Å². The van der Waals surface area contributed by atoms with E-state index in [2.05, 4.69) is 20.8 Å². The first-order chi connectivity index (χ1) is 11.9. The molecule has 1 saturated heterocycles. The van der Waals surface area contributed by atoms with Crippen LogP contribution in [0.5, 0.6) is 0 Å². The molecule has 3 rings (SSSR count). The Labute approximate surface area is 158 Å². The molecule has 0 unspecified atom stereocenters. The van der Waals surface area contributed by atoms with Gasteiger partial charge in [0.05, 0.1) is 4.92 Å². The Morgan fingerprint density at radius 1 is 1.16 bits per heavy atom. The van der Waals surface area contributed by atoms with Crippen LogP contribution in [0, 0.1) is 10.1 Å². The summed E-state index contributed by atoms with van der Waals surface area (Å²) in [6, 6.07) is 7.48. The largest absolute Gasteiger partial charge is 0.296 e. The molecule has 0 atom stereocenters. The lowest BCUT2D eigenvalue weighted by molar-refractivity contribution is -0.387. The Morgan fingerprint density at radius 3 is 2.44 bits per heavy atom. The highest BCUT2D eigenvalue weighted by Gasteiger charge is 2.33. The van der Waals surface area contributed by atoms with Crippen molar-refractivity contribution in [3.63, 3.8) is 0 Å². The van der Waals surface area contributed by atoms with E-state index < -0.39 is 14.9 Å². The van der Waals surface area contributed by atoms with Crippen molar-refractivity contribution in [3.05, 3.63) is 55.2 Å². The Balaban J connectivity index is 1.72. The maximum atomic E-state index is 12.8. The molecule has 0 N–H and O–H groups in total. The average Bonchev–Trinajstić information content (AvgIpc) is 3.00. The number of para-hydroxylation sites is 1. The van der Waals surface area contributed by atoms with Crippen LogP contribution in [0.4, 0.5) is 5.69 Å². The minimum absolute atomic E-state index is 0.241. The number of halogens is 1. The highest BCUT2D eigenvalue weighted by Crippen LogP contribution is 2.28. The molecule has 2 aromatic rings. The summed E-state index contributed by atoms with van der Waals surface area (Å²) in [4.78, 5) is 13.6. The average molecular weight is 446 g/mol. The van der Waals surface area contributed by atoms with Gasteiger partial charge in [0.2, 0.25) is 10.0 Å². The van der Waals surface area contributed by atoms with E-state index in [-0.39, 0.29) is 10.6 Å². The van der Waals surface area contributed by atoms with Gasteiger partial charge in [0, 0.05) is 48.1 Å². The summed E-state index contributed by atoms with van der Waals surface area (Å²) in [5.74, 6) is 0. The molecule has 0 saturated carbocycles. The van der Waals surface area contributed by atoms with E-state index in [9.17, 15) is 18.5 Å². The van der Waals surface area contributed by atoms with Gasteiger partial charge in [-0.25, -0.2) is 8.42 Å². The van der Waals surface area contributed by atoms with Crippen molar-refractivity contribution >= 4 is 43.0 Å². The van der Waals surface area contributed by atoms with Gasteiger partial charge in [0.1, 0.15) is 0 Å². The lowest BCUT2D eigenvalue weighted by Crippen LogP contribution is -2.48. The van der Waals surface area contributed by atoms with E-state index in [0.29, 0.717) is 26.2 Å². The third kappa shape index (κ3) is 3.93. The van der Waals surface area contributed by atoms with Gasteiger partial charge in [0.25, 0.3) is 5.69 Å². The van der Waals surface area contributed by atoms with Gasteiger partial charge in [-0.05, 0) is 33.4 Å². The molecule has 1 fully saturated rings. The fourth-order valence-corrected chi connectivity index (χ4v) is 5.83. The van der Waals surface area contributed by atoms with E-state index in [4.69, 9.17) is 0 Å². The van der Waals surface area contributed by atoms with Crippen molar-refractivity contribution in [2.24, 2.45) is 0 Å². The Kier molecular flexibility index (Phi) is 5.54. The molecule has 1 aromatic carbocycles. The lowest BCUT2D eigenvalue weighted by atomic mass is 10.3. The number of benzene rings is 1. The number of thiophene rings is 1. The maximum absolute atomic E-state index is 12.8. The smallest absolute Gasteiger partial charge is 0.289 e. The number of nitro groups is 1. The lowest BCUT2D eigenvalue weighted by Gasteiger charge is -2.33. The predicted octanol–water partition coefficient (Wildman–Crippen LogP) is 2.93. The summed E-state index contributed by atoms with van der Waals surface area (Å²) < 4.78 is 28.0. The number of sulfonamides is 1. The summed E-state index contributed by atoms with van der Waals surface area (Å²) >= 11 is 5.16. The van der Waals surface area contributed by atoms with Gasteiger partial charge in [0.15, 0.2) is 4.90 Å². The van der Waals surface area contributed by atoms with Gasteiger partial charge in [-0.15, -0.1) is 11.3 Å². The zero-order valence-electron chi connectivity index (χ0n) is 13.2. The van der Waals surface area contributed by atoms with E-state index in [1.54, 1.807) is 11.3 Å². The molecule has 0 spiro atoms. The standard InChI is InChI=1S/C15H16BrN3O4S2/c16-12-5-10-24-14(12)11-17-6-8-18(9-7-17)25(22,23)15-4-2-1-3-13(15)19(20)21/h1-5,10H,6-9,11H2. The summed E-state index contributed by atoms with van der Waals surface area (Å²) in [6.45, 7) is 2.57. The summed E-state index contributed by atoms with van der Waals surface area (Å²) in [7, 11) is -3.87. The zero-order chi connectivity index (χ0) is 18.0. The number of hydrogen-bond acceptors (Lipinski definition) is 6. The first-order valence-corrected chi connectivity index (χ1v) is 10.7. The van der Waals surface area contributed by atoms with Crippen LogP contribution in [0.2, 0.25) is 0 Å². The second-order valence-electron chi connectivity index (χ2n) is 5.60. The molecule has 0 radical (unpaired) electrons. The number of nitrogens with zero attached hydrogens (tertiary/aromatic N) is 3. The molecule has 134 valence electrons. The molecule has 2 heterocycles. The van der Waals surface area contributed by atoms with Crippen LogP contribution in [0.15, 0.2) is 45.1 Å². The highest BCUT2D eigenvalue weighted by molar-refractivity contribution is 9.10. The summed E-state index contributed by atoms with van der Waals surface area (Å²) in [5.41, 5.74) is -0.382. The van der Waals surface area contributed by atoms with Crippen molar-refractivity contribution in [3.8, 4) is 0 Å². The second-order valence-corrected chi connectivity index (χ2v) is 9.36. The molecule has 0 aliphatic carbocycles. The molecular weight excluding hydrogens is 430 g/mol. The van der Waals surface area contributed by atoms with Crippen LogP contribution in [0.25, 0.3) is 0 Å². The third-order valence-corrected chi connectivity index (χ3v) is 7.93. The van der Waals surface area contributed by atoms with E-state index in [0.717, 1.165) is 11.0 Å². The molecule has 25 heavy (non-hydrogen) atoms. The van der Waals surface area contributed by atoms with Crippen LogP contribution in [0.3, 0.4) is 0 Å². The van der Waals surface area contributed by atoms with Gasteiger partial charge in [-0.3, -0.25) is 15.0 Å². The number of nitro benzene ring substituents is 1. The van der Waals surface area contributed by atoms with Crippen molar-refractivity contribution in [1.82, 2.24) is 9.21 Å². The Bertz CT molecular complexity index is 876. The van der Waals surface area contributed by atoms with Crippen LogP contribution in [-0.4, -0.2) is 48.7 Å². The first-order valence-electron chi connectivity index (χ1n) is 7.57. The van der Waals surface area contributed by atoms with Crippen molar-refractivity contribution in [2.45, 2.75) is 11.4 Å². The zero-order valence-corrected chi connectivity index (χ0v) is 16.4. The SMILES string of the molecule is O=[N+]([O-])c1ccccc1S(=O)(=O)N1CCN(Cc2sccc2Br)CC1. The minimum atomic E-state index is -3.87. The second kappa shape index (κ2) is 7.50. The van der Waals surface area contributed by atoms with E-state index in [1.807, 2.05) is 11.4 Å².